The van der Waals surface area contributed by atoms with E-state index in [1.54, 1.807) is 54.5 Å². The average Bonchev–Trinajstić information content (AvgIpc) is 2.95. The van der Waals surface area contributed by atoms with Crippen LogP contribution in [0, 0.1) is 0 Å². The molecule has 24 heavy (non-hydrogen) atoms. The Balaban J connectivity index is 1.75. The van der Waals surface area contributed by atoms with Gasteiger partial charge in [-0.25, -0.2) is 13.1 Å². The maximum atomic E-state index is 12.4. The Hall–Kier alpha value is -2.38. The second-order valence-electron chi connectivity index (χ2n) is 5.54. The van der Waals surface area contributed by atoms with E-state index >= 15 is 0 Å². The molecule has 0 unspecified atom stereocenters. The van der Waals surface area contributed by atoms with Crippen molar-refractivity contribution in [3.8, 4) is 5.75 Å². The van der Waals surface area contributed by atoms with Crippen LogP contribution in [0.3, 0.4) is 0 Å². The molecular formula is C17H18N2O4S. The van der Waals surface area contributed by atoms with Gasteiger partial charge >= 0.3 is 0 Å². The van der Waals surface area contributed by atoms with Crippen LogP contribution in [0.15, 0.2) is 59.5 Å². The summed E-state index contributed by atoms with van der Waals surface area (Å²) in [7, 11) is -2.08. The second kappa shape index (κ2) is 6.62. The first-order chi connectivity index (χ1) is 11.5. The van der Waals surface area contributed by atoms with E-state index in [0.717, 1.165) is 0 Å². The largest absolute Gasteiger partial charge is 0.497 e. The van der Waals surface area contributed by atoms with Crippen LogP contribution in [-0.2, 0) is 14.8 Å². The van der Waals surface area contributed by atoms with E-state index in [2.05, 4.69) is 4.72 Å². The van der Waals surface area contributed by atoms with Gasteiger partial charge in [-0.05, 0) is 24.3 Å². The van der Waals surface area contributed by atoms with Crippen LogP contribution < -0.4 is 14.4 Å². The maximum Gasteiger partial charge on any atom is 0.240 e. The molecule has 126 valence electrons. The van der Waals surface area contributed by atoms with E-state index in [4.69, 9.17) is 4.74 Å². The number of carbonyl (C=O) groups excluding carboxylic acids is 1. The number of carbonyl (C=O) groups is 1. The number of nitrogens with zero attached hydrogens (tertiary/aromatic N) is 1. The molecule has 1 N–H and O–H groups in total. The number of hydrogen-bond donors (Lipinski definition) is 1. The third kappa shape index (κ3) is 3.42. The van der Waals surface area contributed by atoms with Crippen molar-refractivity contribution in [3.63, 3.8) is 0 Å². The van der Waals surface area contributed by atoms with Crippen LogP contribution in [0.5, 0.6) is 5.75 Å². The van der Waals surface area contributed by atoms with Gasteiger partial charge in [0, 0.05) is 30.8 Å². The van der Waals surface area contributed by atoms with Gasteiger partial charge in [-0.3, -0.25) is 4.79 Å². The molecule has 1 saturated heterocycles. The normalized spacial score (nSPS) is 18.0. The Morgan fingerprint density at radius 1 is 1.12 bits per heavy atom. The lowest BCUT2D eigenvalue weighted by molar-refractivity contribution is -0.117. The number of sulfonamides is 1. The van der Waals surface area contributed by atoms with Crippen molar-refractivity contribution in [2.45, 2.75) is 17.4 Å². The summed E-state index contributed by atoms with van der Waals surface area (Å²) >= 11 is 0. The van der Waals surface area contributed by atoms with Gasteiger partial charge in [0.05, 0.1) is 12.0 Å². The summed E-state index contributed by atoms with van der Waals surface area (Å²) in [6.07, 6.45) is 0.128. The van der Waals surface area contributed by atoms with Crippen LogP contribution >= 0.6 is 0 Å². The third-order valence-corrected chi connectivity index (χ3v) is 5.40. The SMILES string of the molecule is COc1cccc(N2C[C@@H](NS(=O)(=O)c3ccccc3)CC2=O)c1. The molecule has 1 fully saturated rings. The van der Waals surface area contributed by atoms with Crippen LogP contribution in [0.25, 0.3) is 0 Å². The molecule has 0 radical (unpaired) electrons. The summed E-state index contributed by atoms with van der Waals surface area (Å²) in [6.45, 7) is 0.290. The van der Waals surface area contributed by atoms with Gasteiger partial charge in [0.25, 0.3) is 0 Å². The molecule has 0 aliphatic carbocycles. The summed E-state index contributed by atoms with van der Waals surface area (Å²) in [5, 5.41) is 0. The number of nitrogens with one attached hydrogen (secondary N) is 1. The molecule has 1 amide bonds. The molecule has 1 heterocycles. The van der Waals surface area contributed by atoms with Crippen molar-refractivity contribution < 1.29 is 17.9 Å². The molecule has 1 aliphatic rings. The highest BCUT2D eigenvalue weighted by molar-refractivity contribution is 7.89. The third-order valence-electron chi connectivity index (χ3n) is 3.87. The van der Waals surface area contributed by atoms with Crippen LogP contribution in [0.4, 0.5) is 5.69 Å². The predicted octanol–water partition coefficient (Wildman–Crippen LogP) is 1.78. The fraction of sp³-hybridized carbons (Fsp3) is 0.235. The molecule has 0 saturated carbocycles. The quantitative estimate of drug-likeness (QED) is 0.895. The fourth-order valence-corrected chi connectivity index (χ4v) is 3.95. The predicted molar refractivity (Wildman–Crippen MR) is 90.5 cm³/mol. The van der Waals surface area contributed by atoms with E-state index in [9.17, 15) is 13.2 Å². The van der Waals surface area contributed by atoms with Crippen molar-refractivity contribution >= 4 is 21.6 Å². The van der Waals surface area contributed by atoms with Gasteiger partial charge in [0.1, 0.15) is 5.75 Å². The van der Waals surface area contributed by atoms with Crippen LogP contribution in [0.1, 0.15) is 6.42 Å². The Labute approximate surface area is 141 Å². The molecule has 1 atom stereocenters. The van der Waals surface area contributed by atoms with Crippen molar-refractivity contribution in [1.82, 2.24) is 4.72 Å². The standard InChI is InChI=1S/C17H18N2O4S/c1-23-15-7-5-6-14(11-15)19-12-13(10-17(19)20)18-24(21,22)16-8-3-2-4-9-16/h2-9,11,13,18H,10,12H2,1H3/t13-/m0/s1. The summed E-state index contributed by atoms with van der Waals surface area (Å²) in [4.78, 5) is 14.0. The summed E-state index contributed by atoms with van der Waals surface area (Å²) in [5.41, 5.74) is 0.695. The summed E-state index contributed by atoms with van der Waals surface area (Å²) in [6, 6.07) is 14.8. The first-order valence-electron chi connectivity index (χ1n) is 7.51. The lowest BCUT2D eigenvalue weighted by Gasteiger charge is -2.18. The van der Waals surface area contributed by atoms with Gasteiger partial charge in [-0.2, -0.15) is 0 Å². The van der Waals surface area contributed by atoms with Crippen LogP contribution in [0.2, 0.25) is 0 Å². The maximum absolute atomic E-state index is 12.4. The minimum atomic E-state index is -3.64. The molecular weight excluding hydrogens is 328 g/mol. The first kappa shape index (κ1) is 16.5. The number of benzene rings is 2. The lowest BCUT2D eigenvalue weighted by Crippen LogP contribution is -2.37. The Morgan fingerprint density at radius 3 is 2.58 bits per heavy atom. The first-order valence-corrected chi connectivity index (χ1v) is 9.00. The molecule has 1 aliphatic heterocycles. The van der Waals surface area contributed by atoms with E-state index in [0.29, 0.717) is 11.4 Å². The second-order valence-corrected chi connectivity index (χ2v) is 7.26. The number of ether oxygens (including phenoxy) is 1. The van der Waals surface area contributed by atoms with E-state index in [1.165, 1.54) is 12.1 Å². The minimum absolute atomic E-state index is 0.121. The van der Waals surface area contributed by atoms with Gasteiger partial charge in [-0.1, -0.05) is 24.3 Å². The lowest BCUT2D eigenvalue weighted by atomic mass is 10.3. The molecule has 2 aromatic rings. The number of hydrogen-bond acceptors (Lipinski definition) is 4. The Bertz CT molecular complexity index is 837. The fourth-order valence-electron chi connectivity index (χ4n) is 2.70. The molecule has 6 nitrogen and oxygen atoms in total. The van der Waals surface area contributed by atoms with Gasteiger partial charge in [0.15, 0.2) is 0 Å². The van der Waals surface area contributed by atoms with Gasteiger partial charge < -0.3 is 9.64 Å². The highest BCUT2D eigenvalue weighted by Gasteiger charge is 2.33. The summed E-state index contributed by atoms with van der Waals surface area (Å²) < 4.78 is 32.5. The Kier molecular flexibility index (Phi) is 4.55. The van der Waals surface area contributed by atoms with Gasteiger partial charge in [-0.15, -0.1) is 0 Å². The van der Waals surface area contributed by atoms with Crippen molar-refractivity contribution in [2.24, 2.45) is 0 Å². The monoisotopic (exact) mass is 346 g/mol. The average molecular weight is 346 g/mol. The highest BCUT2D eigenvalue weighted by Crippen LogP contribution is 2.26. The van der Waals surface area contributed by atoms with Gasteiger partial charge in [0.2, 0.25) is 15.9 Å². The molecule has 0 bridgehead atoms. The molecule has 0 spiro atoms. The molecule has 7 heteroatoms. The molecule has 2 aromatic carbocycles. The number of amides is 1. The van der Waals surface area contributed by atoms with Crippen molar-refractivity contribution in [1.29, 1.82) is 0 Å². The highest BCUT2D eigenvalue weighted by atomic mass is 32.2. The van der Waals surface area contributed by atoms with Crippen molar-refractivity contribution in [2.75, 3.05) is 18.6 Å². The molecule has 3 rings (SSSR count). The van der Waals surface area contributed by atoms with Crippen molar-refractivity contribution in [3.05, 3.63) is 54.6 Å². The van der Waals surface area contributed by atoms with E-state index in [-0.39, 0.29) is 23.8 Å². The summed E-state index contributed by atoms with van der Waals surface area (Å²) in [5.74, 6) is 0.526. The topological polar surface area (TPSA) is 75.7 Å². The zero-order valence-electron chi connectivity index (χ0n) is 13.2. The Morgan fingerprint density at radius 2 is 1.88 bits per heavy atom. The zero-order valence-corrected chi connectivity index (χ0v) is 14.0. The smallest absolute Gasteiger partial charge is 0.240 e. The van der Waals surface area contributed by atoms with E-state index in [1.807, 2.05) is 0 Å². The number of rotatable bonds is 5. The van der Waals surface area contributed by atoms with Crippen LogP contribution in [-0.4, -0.2) is 34.0 Å². The number of anilines is 1. The van der Waals surface area contributed by atoms with E-state index < -0.39 is 16.1 Å². The molecule has 0 aromatic heterocycles. The number of methoxy groups -OCH3 is 1. The zero-order chi connectivity index (χ0) is 17.2. The minimum Gasteiger partial charge on any atom is -0.497 e.